The molecule has 0 aromatic heterocycles. The van der Waals surface area contributed by atoms with Crippen molar-refractivity contribution >= 4 is 21.6 Å². The Morgan fingerprint density at radius 1 is 1.33 bits per heavy atom. The fraction of sp³-hybridized carbons (Fsp3) is 0.333. The summed E-state index contributed by atoms with van der Waals surface area (Å²) in [5.74, 6) is 2.72. The molecule has 0 aliphatic carbocycles. The first kappa shape index (κ1) is 10.5. The van der Waals surface area contributed by atoms with Crippen LogP contribution in [0.15, 0.2) is 22.7 Å². The molecule has 0 N–H and O–H groups in total. The molecule has 0 bridgehead atoms. The third-order valence-corrected chi connectivity index (χ3v) is 2.96. The Morgan fingerprint density at radius 2 is 2.07 bits per heavy atom. The first-order valence-corrected chi connectivity index (χ1v) is 5.69. The summed E-state index contributed by atoms with van der Waals surface area (Å²) in [6.07, 6.45) is 5.48. The van der Waals surface area contributed by atoms with Crippen LogP contribution in [0.1, 0.15) is 5.56 Å². The average molecular weight is 266 g/mol. The van der Waals surface area contributed by atoms with Gasteiger partial charge in [-0.1, -0.05) is 21.9 Å². The molecule has 3 heteroatoms. The number of halogens is 1. The van der Waals surface area contributed by atoms with Gasteiger partial charge in [0.25, 0.3) is 0 Å². The van der Waals surface area contributed by atoms with E-state index in [0.29, 0.717) is 0 Å². The topological polar surface area (TPSA) is 12.5 Å². The maximum absolute atomic E-state index is 5.48. The zero-order chi connectivity index (χ0) is 10.7. The summed E-state index contributed by atoms with van der Waals surface area (Å²) in [5.41, 5.74) is 2.07. The van der Waals surface area contributed by atoms with Gasteiger partial charge in [-0.25, -0.2) is 0 Å². The van der Waals surface area contributed by atoms with Crippen LogP contribution in [-0.2, 0) is 4.74 Å². The predicted octanol–water partition coefficient (Wildman–Crippen LogP) is 2.27. The van der Waals surface area contributed by atoms with Gasteiger partial charge < -0.3 is 9.64 Å². The molecule has 0 radical (unpaired) electrons. The van der Waals surface area contributed by atoms with Gasteiger partial charge in [0.05, 0.1) is 18.9 Å². The maximum atomic E-state index is 5.48. The summed E-state index contributed by atoms with van der Waals surface area (Å²) in [4.78, 5) is 2.27. The normalized spacial score (nSPS) is 16.1. The Kier molecular flexibility index (Phi) is 3.30. The van der Waals surface area contributed by atoms with Crippen LogP contribution in [0.2, 0.25) is 0 Å². The number of benzene rings is 1. The van der Waals surface area contributed by atoms with E-state index in [4.69, 9.17) is 11.2 Å². The zero-order valence-electron chi connectivity index (χ0n) is 8.37. The van der Waals surface area contributed by atoms with Crippen molar-refractivity contribution in [3.05, 3.63) is 28.2 Å². The van der Waals surface area contributed by atoms with Crippen LogP contribution >= 0.6 is 15.9 Å². The van der Waals surface area contributed by atoms with E-state index in [9.17, 15) is 0 Å². The summed E-state index contributed by atoms with van der Waals surface area (Å²) in [7, 11) is 0. The van der Waals surface area contributed by atoms with Crippen LogP contribution in [0.25, 0.3) is 0 Å². The Hall–Kier alpha value is -0.980. The Morgan fingerprint density at radius 3 is 2.73 bits per heavy atom. The first-order valence-electron chi connectivity index (χ1n) is 4.90. The lowest BCUT2D eigenvalue weighted by Crippen LogP contribution is -2.36. The van der Waals surface area contributed by atoms with Crippen molar-refractivity contribution in [2.75, 3.05) is 31.2 Å². The van der Waals surface area contributed by atoms with Crippen LogP contribution in [0, 0.1) is 12.3 Å². The second-order valence-electron chi connectivity index (χ2n) is 3.41. The molecule has 0 atom stereocenters. The molecule has 15 heavy (non-hydrogen) atoms. The summed E-state index contributed by atoms with van der Waals surface area (Å²) >= 11 is 3.47. The van der Waals surface area contributed by atoms with Crippen molar-refractivity contribution in [1.82, 2.24) is 0 Å². The molecule has 78 valence electrons. The standard InChI is InChI=1S/C12H12BrNO/c1-2-10-3-4-11(13)9-12(10)14-5-7-15-8-6-14/h1,3-4,9H,5-8H2. The van der Waals surface area contributed by atoms with Gasteiger partial charge in [-0.15, -0.1) is 6.42 Å². The van der Waals surface area contributed by atoms with Gasteiger partial charge in [-0.3, -0.25) is 0 Å². The summed E-state index contributed by atoms with van der Waals surface area (Å²) in [6, 6.07) is 6.01. The van der Waals surface area contributed by atoms with Gasteiger partial charge >= 0.3 is 0 Å². The van der Waals surface area contributed by atoms with Gasteiger partial charge in [-0.2, -0.15) is 0 Å². The molecule has 0 spiro atoms. The van der Waals surface area contributed by atoms with Crippen LogP contribution in [0.5, 0.6) is 0 Å². The van der Waals surface area contributed by atoms with Gasteiger partial charge in [0, 0.05) is 23.1 Å². The maximum Gasteiger partial charge on any atom is 0.0642 e. The van der Waals surface area contributed by atoms with Crippen molar-refractivity contribution in [3.8, 4) is 12.3 Å². The smallest absolute Gasteiger partial charge is 0.0642 e. The predicted molar refractivity (Wildman–Crippen MR) is 65.1 cm³/mol. The first-order chi connectivity index (χ1) is 7.31. The minimum atomic E-state index is 0.774. The molecule has 0 amide bonds. The Balaban J connectivity index is 2.32. The number of terminal acetylenes is 1. The number of hydrogen-bond donors (Lipinski definition) is 0. The van der Waals surface area contributed by atoms with E-state index in [2.05, 4.69) is 32.8 Å². The Bertz CT molecular complexity index is 391. The summed E-state index contributed by atoms with van der Waals surface area (Å²) in [5, 5.41) is 0. The van der Waals surface area contributed by atoms with E-state index in [0.717, 1.165) is 42.0 Å². The SMILES string of the molecule is C#Cc1ccc(Br)cc1N1CCOCC1. The van der Waals surface area contributed by atoms with E-state index in [1.807, 2.05) is 12.1 Å². The molecule has 2 nitrogen and oxygen atoms in total. The van der Waals surface area contributed by atoms with Crippen molar-refractivity contribution in [3.63, 3.8) is 0 Å². The highest BCUT2D eigenvalue weighted by Gasteiger charge is 2.14. The van der Waals surface area contributed by atoms with Crippen LogP contribution in [0.4, 0.5) is 5.69 Å². The molecule has 0 saturated carbocycles. The third-order valence-electron chi connectivity index (χ3n) is 2.47. The summed E-state index contributed by atoms with van der Waals surface area (Å²) in [6.45, 7) is 3.36. The highest BCUT2D eigenvalue weighted by Crippen LogP contribution is 2.25. The molecule has 1 fully saturated rings. The van der Waals surface area contributed by atoms with Crippen molar-refractivity contribution in [2.24, 2.45) is 0 Å². The van der Waals surface area contributed by atoms with Crippen LogP contribution in [-0.4, -0.2) is 26.3 Å². The summed E-state index contributed by atoms with van der Waals surface area (Å²) < 4.78 is 6.38. The second-order valence-corrected chi connectivity index (χ2v) is 4.32. The molecule has 1 aromatic carbocycles. The molecular formula is C12H12BrNO. The third kappa shape index (κ3) is 2.34. The van der Waals surface area contributed by atoms with Crippen molar-refractivity contribution < 1.29 is 4.74 Å². The fourth-order valence-corrected chi connectivity index (χ4v) is 2.04. The van der Waals surface area contributed by atoms with Crippen molar-refractivity contribution in [1.29, 1.82) is 0 Å². The number of morpholine rings is 1. The number of anilines is 1. The molecule has 1 heterocycles. The number of ether oxygens (including phenoxy) is 1. The minimum absolute atomic E-state index is 0.774. The number of rotatable bonds is 1. The molecule has 1 aromatic rings. The Labute approximate surface area is 98.4 Å². The lowest BCUT2D eigenvalue weighted by Gasteiger charge is -2.29. The molecular weight excluding hydrogens is 254 g/mol. The highest BCUT2D eigenvalue weighted by molar-refractivity contribution is 9.10. The lowest BCUT2D eigenvalue weighted by molar-refractivity contribution is 0.122. The number of nitrogens with zero attached hydrogens (tertiary/aromatic N) is 1. The van der Waals surface area contributed by atoms with Gasteiger partial charge in [0.15, 0.2) is 0 Å². The number of hydrogen-bond acceptors (Lipinski definition) is 2. The molecule has 1 aliphatic rings. The zero-order valence-corrected chi connectivity index (χ0v) is 9.96. The van der Waals surface area contributed by atoms with Crippen molar-refractivity contribution in [2.45, 2.75) is 0 Å². The van der Waals surface area contributed by atoms with Crippen LogP contribution in [0.3, 0.4) is 0 Å². The van der Waals surface area contributed by atoms with Crippen LogP contribution < -0.4 is 4.90 Å². The van der Waals surface area contributed by atoms with E-state index in [1.54, 1.807) is 0 Å². The molecule has 0 unspecified atom stereocenters. The quantitative estimate of drug-likeness (QED) is 0.723. The van der Waals surface area contributed by atoms with Gasteiger partial charge in [-0.05, 0) is 18.2 Å². The molecule has 1 saturated heterocycles. The van der Waals surface area contributed by atoms with E-state index < -0.39 is 0 Å². The van der Waals surface area contributed by atoms with E-state index in [-0.39, 0.29) is 0 Å². The molecule has 2 rings (SSSR count). The van der Waals surface area contributed by atoms with Gasteiger partial charge in [0.2, 0.25) is 0 Å². The average Bonchev–Trinajstić information content (AvgIpc) is 2.30. The minimum Gasteiger partial charge on any atom is -0.378 e. The van der Waals surface area contributed by atoms with E-state index in [1.165, 1.54) is 0 Å². The largest absolute Gasteiger partial charge is 0.378 e. The lowest BCUT2D eigenvalue weighted by atomic mass is 10.1. The monoisotopic (exact) mass is 265 g/mol. The molecule has 1 aliphatic heterocycles. The second kappa shape index (κ2) is 4.69. The highest BCUT2D eigenvalue weighted by atomic mass is 79.9. The van der Waals surface area contributed by atoms with Gasteiger partial charge in [0.1, 0.15) is 0 Å². The fourth-order valence-electron chi connectivity index (χ4n) is 1.69. The van der Waals surface area contributed by atoms with E-state index >= 15 is 0 Å².